The van der Waals surface area contributed by atoms with E-state index < -0.39 is 0 Å². The topological polar surface area (TPSA) is 99.1 Å². The summed E-state index contributed by atoms with van der Waals surface area (Å²) in [5, 5.41) is 41.6. The highest BCUT2D eigenvalue weighted by atomic mass is 14.8. The zero-order valence-corrected chi connectivity index (χ0v) is 64.9. The lowest BCUT2D eigenvalue weighted by Crippen LogP contribution is -1.91. The van der Waals surface area contributed by atoms with Crippen LogP contribution < -0.4 is 0 Å². The molecule has 0 saturated carbocycles. The third-order valence-electron chi connectivity index (χ3n) is 23.9. The molecule has 0 fully saturated rings. The minimum Gasteiger partial charge on any atom is -0.245 e. The number of fused-ring (bicyclic) bond motifs is 17. The van der Waals surface area contributed by atoms with E-state index in [1.54, 1.807) is 0 Å². The van der Waals surface area contributed by atoms with E-state index in [1.807, 2.05) is 60.7 Å². The van der Waals surface area contributed by atoms with Gasteiger partial charge in [-0.1, -0.05) is 340 Å². The standard InChI is InChI=1S/C59H35N3.C55H33N3/c60-36-37-32-44(43-24-27-54-52-16-7-6-14-50(52)51-15-8-9-17-53(51)55(54)35-43)34-45(33-37)47-29-28-46(48-12-4-5-13-49(47)48)38-18-20-40(21-19-38)57-31-26-42-23-22-41-25-30-56(39-10-2-1-3-11-39)61-58(41)59(42)62-57;56-34-35-30-42(32-43(31-35)51-33-41-12-4-5-13-44(41)47-14-8-9-17-50(47)51)46-27-26-45(48-15-6-7-16-49(46)48)36-18-20-38(21-19-36)53-29-25-40-23-22-39-24-28-52(37-10-2-1-3-11-37)57-54(39)55(40)58-53/h1-35H;1-33H. The molecule has 0 aliphatic rings. The molecule has 0 unspecified atom stereocenters. The second-order valence-electron chi connectivity index (χ2n) is 30.9. The van der Waals surface area contributed by atoms with Crippen molar-refractivity contribution in [3.05, 3.63) is 424 Å². The lowest BCUT2D eigenvalue weighted by molar-refractivity contribution is 1.36. The predicted molar refractivity (Wildman–Crippen MR) is 500 cm³/mol. The van der Waals surface area contributed by atoms with Crippen molar-refractivity contribution in [3.8, 4) is 124 Å². The number of hydrogen-bond acceptors (Lipinski definition) is 6. The van der Waals surface area contributed by atoms with Gasteiger partial charge in [-0.2, -0.15) is 10.5 Å². The molecule has 4 aromatic heterocycles. The van der Waals surface area contributed by atoms with Crippen molar-refractivity contribution in [2.75, 3.05) is 0 Å². The van der Waals surface area contributed by atoms with Crippen LogP contribution >= 0.6 is 0 Å². The van der Waals surface area contributed by atoms with Crippen LogP contribution in [0.4, 0.5) is 0 Å². The van der Waals surface area contributed by atoms with Gasteiger partial charge in [0, 0.05) is 43.8 Å². The molecule has 23 aromatic rings. The van der Waals surface area contributed by atoms with E-state index >= 15 is 0 Å². The number of nitrogens with zero attached hydrogens (tertiary/aromatic N) is 6. The number of pyridine rings is 4. The van der Waals surface area contributed by atoms with Crippen LogP contribution in [0.25, 0.3) is 231 Å². The van der Waals surface area contributed by atoms with Crippen molar-refractivity contribution in [3.63, 3.8) is 0 Å². The zero-order valence-electron chi connectivity index (χ0n) is 64.9. The van der Waals surface area contributed by atoms with Gasteiger partial charge in [0.1, 0.15) is 0 Å². The molecule has 0 bridgehead atoms. The molecular formula is C114H68N6. The smallest absolute Gasteiger partial charge is 0.0992 e. The number of aromatic nitrogens is 4. The van der Waals surface area contributed by atoms with E-state index in [1.165, 1.54) is 53.9 Å². The molecule has 0 radical (unpaired) electrons. The Kier molecular flexibility index (Phi) is 17.3. The highest BCUT2D eigenvalue weighted by molar-refractivity contribution is 6.26. The summed E-state index contributed by atoms with van der Waals surface area (Å²) in [5.74, 6) is 0. The van der Waals surface area contributed by atoms with Gasteiger partial charge in [0.05, 0.1) is 68.1 Å². The second kappa shape index (κ2) is 29.5. The van der Waals surface area contributed by atoms with Gasteiger partial charge >= 0.3 is 0 Å². The summed E-state index contributed by atoms with van der Waals surface area (Å²) in [7, 11) is 0. The Morgan fingerprint density at radius 2 is 0.417 bits per heavy atom. The molecule has 0 spiro atoms. The molecule has 0 aliphatic carbocycles. The summed E-state index contributed by atoms with van der Waals surface area (Å²) in [4.78, 5) is 20.6. The SMILES string of the molecule is N#Cc1cc(-c2ccc(-c3ccc(-c4ccc5ccc6ccc(-c7ccccc7)nc6c5n4)cc3)c3ccccc23)cc(-c2cc3ccccc3c3ccccc23)c1.N#Cc1cc(-c2ccc3c4ccccc4c4ccccc4c3c2)cc(-c2ccc(-c3ccc(-c4ccc5ccc6ccc(-c7ccccc7)nc6c5n4)cc3)c3ccccc23)c1. The monoisotopic (exact) mass is 1520 g/mol. The molecule has 554 valence electrons. The van der Waals surface area contributed by atoms with Crippen LogP contribution in [-0.2, 0) is 0 Å². The maximum absolute atomic E-state index is 10.3. The molecule has 6 nitrogen and oxygen atoms in total. The summed E-state index contributed by atoms with van der Waals surface area (Å²) in [6, 6.07) is 150. The Bertz CT molecular complexity index is 8190. The Hall–Kier alpha value is -16.4. The van der Waals surface area contributed by atoms with Gasteiger partial charge in [0.25, 0.3) is 0 Å². The maximum Gasteiger partial charge on any atom is 0.0992 e. The Labute approximate surface area is 692 Å². The minimum atomic E-state index is 0.632. The largest absolute Gasteiger partial charge is 0.245 e. The summed E-state index contributed by atoms with van der Waals surface area (Å²) in [5.41, 5.74) is 25.8. The molecule has 0 amide bonds. The van der Waals surface area contributed by atoms with Gasteiger partial charge in [0.2, 0.25) is 0 Å². The third kappa shape index (κ3) is 12.5. The lowest BCUT2D eigenvalue weighted by atomic mass is 9.88. The molecule has 19 aromatic carbocycles. The van der Waals surface area contributed by atoms with Crippen LogP contribution in [0, 0.1) is 22.7 Å². The van der Waals surface area contributed by atoms with E-state index in [-0.39, 0.29) is 0 Å². The minimum absolute atomic E-state index is 0.632. The number of benzene rings is 19. The fraction of sp³-hybridized carbons (Fsp3) is 0. The molecule has 23 rings (SSSR count). The normalized spacial score (nSPS) is 11.5. The van der Waals surface area contributed by atoms with Crippen LogP contribution in [0.2, 0.25) is 0 Å². The van der Waals surface area contributed by atoms with Crippen LogP contribution in [-0.4, -0.2) is 19.9 Å². The number of hydrogen-bond donors (Lipinski definition) is 0. The second-order valence-corrected chi connectivity index (χ2v) is 30.9. The van der Waals surface area contributed by atoms with E-state index in [2.05, 4.69) is 364 Å². The van der Waals surface area contributed by atoms with Crippen molar-refractivity contribution >= 4 is 119 Å². The van der Waals surface area contributed by atoms with Crippen LogP contribution in [0.3, 0.4) is 0 Å². The Morgan fingerprint density at radius 1 is 0.150 bits per heavy atom. The Morgan fingerprint density at radius 3 is 0.808 bits per heavy atom. The van der Waals surface area contributed by atoms with Crippen LogP contribution in [0.5, 0.6) is 0 Å². The van der Waals surface area contributed by atoms with Crippen molar-refractivity contribution in [2.45, 2.75) is 0 Å². The summed E-state index contributed by atoms with van der Waals surface area (Å²) < 4.78 is 0. The maximum atomic E-state index is 10.3. The average Bonchev–Trinajstić information content (AvgIpc) is 0.744. The molecule has 0 N–H and O–H groups in total. The van der Waals surface area contributed by atoms with E-state index in [0.29, 0.717) is 11.1 Å². The molecule has 120 heavy (non-hydrogen) atoms. The third-order valence-corrected chi connectivity index (χ3v) is 23.9. The molecule has 4 heterocycles. The first kappa shape index (κ1) is 70.3. The number of nitriles is 2. The van der Waals surface area contributed by atoms with Crippen molar-refractivity contribution in [1.29, 1.82) is 10.5 Å². The van der Waals surface area contributed by atoms with Crippen LogP contribution in [0.1, 0.15) is 11.1 Å². The fourth-order valence-corrected chi connectivity index (χ4v) is 18.0. The lowest BCUT2D eigenvalue weighted by Gasteiger charge is -2.15. The van der Waals surface area contributed by atoms with Crippen molar-refractivity contribution < 1.29 is 0 Å². The van der Waals surface area contributed by atoms with Gasteiger partial charge in [-0.25, -0.2) is 19.9 Å². The molecule has 6 heteroatoms. The van der Waals surface area contributed by atoms with Crippen LogP contribution in [0.15, 0.2) is 413 Å². The summed E-state index contributed by atoms with van der Waals surface area (Å²) in [6.07, 6.45) is 0. The highest BCUT2D eigenvalue weighted by Crippen LogP contribution is 2.45. The molecular weight excluding hydrogens is 1450 g/mol. The first-order chi connectivity index (χ1) is 59.3. The van der Waals surface area contributed by atoms with Gasteiger partial charge in [-0.15, -0.1) is 0 Å². The first-order valence-electron chi connectivity index (χ1n) is 40.5. The van der Waals surface area contributed by atoms with E-state index in [9.17, 15) is 10.5 Å². The zero-order chi connectivity index (χ0) is 79.7. The quantitative estimate of drug-likeness (QED) is 0.127. The van der Waals surface area contributed by atoms with Gasteiger partial charge in [-0.3, -0.25) is 0 Å². The first-order valence-corrected chi connectivity index (χ1v) is 40.5. The Balaban J connectivity index is 0.000000144. The van der Waals surface area contributed by atoms with E-state index in [0.717, 1.165) is 177 Å². The molecule has 0 saturated heterocycles. The summed E-state index contributed by atoms with van der Waals surface area (Å²) >= 11 is 0. The van der Waals surface area contributed by atoms with Crippen molar-refractivity contribution in [1.82, 2.24) is 19.9 Å². The van der Waals surface area contributed by atoms with E-state index in [4.69, 9.17) is 19.9 Å². The number of rotatable bonds is 10. The van der Waals surface area contributed by atoms with Gasteiger partial charge < -0.3 is 0 Å². The molecule has 0 aliphatic heterocycles. The fourth-order valence-electron chi connectivity index (χ4n) is 18.0. The average molecular weight is 1520 g/mol. The van der Waals surface area contributed by atoms with Gasteiger partial charge in [0.15, 0.2) is 0 Å². The highest BCUT2D eigenvalue weighted by Gasteiger charge is 2.20. The van der Waals surface area contributed by atoms with Crippen molar-refractivity contribution in [2.24, 2.45) is 0 Å². The molecule has 0 atom stereocenters. The summed E-state index contributed by atoms with van der Waals surface area (Å²) in [6.45, 7) is 0. The van der Waals surface area contributed by atoms with Gasteiger partial charge in [-0.05, 0) is 215 Å². The predicted octanol–water partition coefficient (Wildman–Crippen LogP) is 30.1.